The summed E-state index contributed by atoms with van der Waals surface area (Å²) >= 11 is 6.08. The maximum Gasteiger partial charge on any atom is 0.289 e. The SMILES string of the molecule is CNCCN(C)C(=O)c1oc2c(Cl)cccc2c1C. The smallest absolute Gasteiger partial charge is 0.289 e. The molecule has 0 atom stereocenters. The molecule has 2 rings (SSSR count). The van der Waals surface area contributed by atoms with Crippen LogP contribution in [0.25, 0.3) is 11.0 Å². The van der Waals surface area contributed by atoms with Crippen LogP contribution in [0.5, 0.6) is 0 Å². The lowest BCUT2D eigenvalue weighted by molar-refractivity contribution is 0.0767. The van der Waals surface area contributed by atoms with Gasteiger partial charge in [-0.1, -0.05) is 23.7 Å². The molecule has 1 amide bonds. The number of benzene rings is 1. The second kappa shape index (κ2) is 5.63. The number of carbonyl (C=O) groups is 1. The molecule has 1 aromatic heterocycles. The van der Waals surface area contributed by atoms with Gasteiger partial charge in [-0.25, -0.2) is 0 Å². The summed E-state index contributed by atoms with van der Waals surface area (Å²) < 4.78 is 5.65. The number of carbonyl (C=O) groups excluding carboxylic acids is 1. The molecule has 0 aliphatic heterocycles. The zero-order valence-corrected chi connectivity index (χ0v) is 12.0. The fraction of sp³-hybridized carbons (Fsp3) is 0.357. The molecule has 1 aromatic carbocycles. The van der Waals surface area contributed by atoms with E-state index in [4.69, 9.17) is 16.0 Å². The van der Waals surface area contributed by atoms with E-state index in [2.05, 4.69) is 5.32 Å². The molecule has 0 bridgehead atoms. The van der Waals surface area contributed by atoms with E-state index in [1.165, 1.54) is 0 Å². The molecular formula is C14H17ClN2O2. The molecule has 0 saturated heterocycles. The number of fused-ring (bicyclic) bond motifs is 1. The van der Waals surface area contributed by atoms with Crippen molar-refractivity contribution in [2.75, 3.05) is 27.2 Å². The lowest BCUT2D eigenvalue weighted by atomic mass is 10.1. The van der Waals surface area contributed by atoms with Gasteiger partial charge >= 0.3 is 0 Å². The van der Waals surface area contributed by atoms with Crippen LogP contribution in [0.3, 0.4) is 0 Å². The van der Waals surface area contributed by atoms with Crippen LogP contribution in [-0.2, 0) is 0 Å². The topological polar surface area (TPSA) is 45.5 Å². The van der Waals surface area contributed by atoms with Gasteiger partial charge in [0.2, 0.25) is 0 Å². The molecule has 0 fully saturated rings. The number of hydrogen-bond donors (Lipinski definition) is 1. The Balaban J connectivity index is 2.37. The van der Waals surface area contributed by atoms with E-state index >= 15 is 0 Å². The van der Waals surface area contributed by atoms with Crippen LogP contribution in [0.1, 0.15) is 16.1 Å². The van der Waals surface area contributed by atoms with Crippen molar-refractivity contribution in [2.24, 2.45) is 0 Å². The van der Waals surface area contributed by atoms with Crippen molar-refractivity contribution < 1.29 is 9.21 Å². The van der Waals surface area contributed by atoms with Gasteiger partial charge in [0.15, 0.2) is 11.3 Å². The van der Waals surface area contributed by atoms with Crippen LogP contribution in [0.15, 0.2) is 22.6 Å². The molecule has 4 nitrogen and oxygen atoms in total. The monoisotopic (exact) mass is 280 g/mol. The highest BCUT2D eigenvalue weighted by atomic mass is 35.5. The number of nitrogens with zero attached hydrogens (tertiary/aromatic N) is 1. The van der Waals surface area contributed by atoms with E-state index in [1.54, 1.807) is 18.0 Å². The third kappa shape index (κ3) is 2.60. The van der Waals surface area contributed by atoms with Gasteiger partial charge in [0.25, 0.3) is 5.91 Å². The van der Waals surface area contributed by atoms with E-state index < -0.39 is 0 Å². The average molecular weight is 281 g/mol. The molecule has 0 saturated carbocycles. The van der Waals surface area contributed by atoms with Crippen molar-refractivity contribution in [3.8, 4) is 0 Å². The molecule has 102 valence electrons. The molecular weight excluding hydrogens is 264 g/mol. The number of hydrogen-bond acceptors (Lipinski definition) is 3. The number of amides is 1. The third-order valence-electron chi connectivity index (χ3n) is 3.15. The Morgan fingerprint density at radius 2 is 2.21 bits per heavy atom. The first kappa shape index (κ1) is 13.9. The van der Waals surface area contributed by atoms with Crippen molar-refractivity contribution in [3.63, 3.8) is 0 Å². The Morgan fingerprint density at radius 1 is 1.47 bits per heavy atom. The number of halogens is 1. The van der Waals surface area contributed by atoms with Crippen LogP contribution in [0, 0.1) is 6.92 Å². The number of nitrogens with one attached hydrogen (secondary N) is 1. The van der Waals surface area contributed by atoms with Crippen molar-refractivity contribution in [3.05, 3.63) is 34.5 Å². The highest BCUT2D eigenvalue weighted by Gasteiger charge is 2.21. The quantitative estimate of drug-likeness (QED) is 0.937. The molecule has 1 heterocycles. The molecule has 0 aliphatic carbocycles. The highest BCUT2D eigenvalue weighted by molar-refractivity contribution is 6.35. The Labute approximate surface area is 117 Å². The maximum atomic E-state index is 12.3. The van der Waals surface area contributed by atoms with E-state index in [-0.39, 0.29) is 5.91 Å². The lowest BCUT2D eigenvalue weighted by Gasteiger charge is -2.15. The Hall–Kier alpha value is -1.52. The van der Waals surface area contributed by atoms with Crippen molar-refractivity contribution >= 4 is 28.5 Å². The summed E-state index contributed by atoms with van der Waals surface area (Å²) in [6, 6.07) is 5.52. The molecule has 0 spiro atoms. The van der Waals surface area contributed by atoms with Crippen molar-refractivity contribution in [1.82, 2.24) is 10.2 Å². The van der Waals surface area contributed by atoms with Crippen molar-refractivity contribution in [2.45, 2.75) is 6.92 Å². The first-order chi connectivity index (χ1) is 9.06. The Kier molecular flexibility index (Phi) is 4.12. The van der Waals surface area contributed by atoms with Gasteiger partial charge in [0.1, 0.15) is 0 Å². The minimum absolute atomic E-state index is 0.125. The molecule has 19 heavy (non-hydrogen) atoms. The summed E-state index contributed by atoms with van der Waals surface area (Å²) in [6.45, 7) is 3.24. The van der Waals surface area contributed by atoms with E-state index in [0.717, 1.165) is 17.5 Å². The van der Waals surface area contributed by atoms with E-state index in [9.17, 15) is 4.79 Å². The molecule has 0 aliphatic rings. The lowest BCUT2D eigenvalue weighted by Crippen LogP contribution is -2.32. The predicted octanol–water partition coefficient (Wildman–Crippen LogP) is 2.69. The summed E-state index contributed by atoms with van der Waals surface area (Å²) in [5, 5.41) is 4.42. The molecule has 2 aromatic rings. The summed E-state index contributed by atoms with van der Waals surface area (Å²) in [6.07, 6.45) is 0. The normalized spacial score (nSPS) is 10.9. The minimum atomic E-state index is -0.125. The molecule has 5 heteroatoms. The van der Waals surface area contributed by atoms with Crippen molar-refractivity contribution in [1.29, 1.82) is 0 Å². The van der Waals surface area contributed by atoms with Gasteiger partial charge in [0, 0.05) is 31.1 Å². The zero-order valence-electron chi connectivity index (χ0n) is 11.3. The molecule has 0 unspecified atom stereocenters. The fourth-order valence-corrected chi connectivity index (χ4v) is 2.18. The van der Waals surface area contributed by atoms with Crippen LogP contribution in [0.2, 0.25) is 5.02 Å². The van der Waals surface area contributed by atoms with Crippen LogP contribution < -0.4 is 5.32 Å². The first-order valence-electron chi connectivity index (χ1n) is 6.14. The number of rotatable bonds is 4. The first-order valence-corrected chi connectivity index (χ1v) is 6.51. The van der Waals surface area contributed by atoms with Crippen LogP contribution in [-0.4, -0.2) is 38.0 Å². The third-order valence-corrected chi connectivity index (χ3v) is 3.45. The largest absolute Gasteiger partial charge is 0.449 e. The number of aryl methyl sites for hydroxylation is 1. The molecule has 1 N–H and O–H groups in total. The number of furan rings is 1. The summed E-state index contributed by atoms with van der Waals surface area (Å²) in [7, 11) is 3.61. The second-order valence-electron chi connectivity index (χ2n) is 4.50. The minimum Gasteiger partial charge on any atom is -0.449 e. The standard InChI is InChI=1S/C14H17ClN2O2/c1-9-10-5-4-6-11(15)13(10)19-12(9)14(18)17(3)8-7-16-2/h4-6,16H,7-8H2,1-3H3. The van der Waals surface area contributed by atoms with Gasteiger partial charge in [-0.05, 0) is 20.0 Å². The fourth-order valence-electron chi connectivity index (χ4n) is 1.97. The van der Waals surface area contributed by atoms with Gasteiger partial charge < -0.3 is 14.6 Å². The zero-order chi connectivity index (χ0) is 14.0. The summed E-state index contributed by atoms with van der Waals surface area (Å²) in [5.41, 5.74) is 1.41. The maximum absolute atomic E-state index is 12.3. The second-order valence-corrected chi connectivity index (χ2v) is 4.91. The van der Waals surface area contributed by atoms with Gasteiger partial charge in [-0.15, -0.1) is 0 Å². The van der Waals surface area contributed by atoms with E-state index in [1.807, 2.05) is 26.1 Å². The highest BCUT2D eigenvalue weighted by Crippen LogP contribution is 2.31. The molecule has 0 radical (unpaired) electrons. The summed E-state index contributed by atoms with van der Waals surface area (Å²) in [4.78, 5) is 13.9. The van der Waals surface area contributed by atoms with Crippen LogP contribution >= 0.6 is 11.6 Å². The van der Waals surface area contributed by atoms with Crippen LogP contribution in [0.4, 0.5) is 0 Å². The number of para-hydroxylation sites is 1. The van der Waals surface area contributed by atoms with Gasteiger partial charge in [-0.3, -0.25) is 4.79 Å². The predicted molar refractivity (Wildman–Crippen MR) is 76.8 cm³/mol. The summed E-state index contributed by atoms with van der Waals surface area (Å²) in [5.74, 6) is 0.238. The Bertz CT molecular complexity index is 607. The van der Waals surface area contributed by atoms with Gasteiger partial charge in [-0.2, -0.15) is 0 Å². The van der Waals surface area contributed by atoms with Gasteiger partial charge in [0.05, 0.1) is 5.02 Å². The Morgan fingerprint density at radius 3 is 2.84 bits per heavy atom. The number of likely N-dealkylation sites (N-methyl/N-ethyl adjacent to an activating group) is 2. The average Bonchev–Trinajstić information content (AvgIpc) is 2.74. The van der Waals surface area contributed by atoms with E-state index in [0.29, 0.717) is 22.9 Å².